The topological polar surface area (TPSA) is 14.2 Å². The summed E-state index contributed by atoms with van der Waals surface area (Å²) in [5.74, 6) is 0. The lowest BCUT2D eigenvalue weighted by molar-refractivity contribution is -0.0231. The first-order valence-electron chi connectivity index (χ1n) is 3.27. The van der Waals surface area contributed by atoms with E-state index in [9.17, 15) is 0 Å². The van der Waals surface area contributed by atoms with Crippen molar-refractivity contribution in [3.63, 3.8) is 0 Å². The second-order valence-corrected chi connectivity index (χ2v) is 3.38. The number of hydrogen-bond donors (Lipinski definition) is 0. The van der Waals surface area contributed by atoms with E-state index in [1.54, 1.807) is 0 Å². The molecule has 0 aromatic carbocycles. The molecule has 0 radical (unpaired) electrons. The molecule has 0 aliphatic carbocycles. The van der Waals surface area contributed by atoms with Crippen LogP contribution in [0.1, 0.15) is 6.04 Å². The van der Waals surface area contributed by atoms with Crippen molar-refractivity contribution < 1.29 is 4.74 Å². The molecule has 1 aromatic heterocycles. The zero-order valence-electron chi connectivity index (χ0n) is 5.46. The van der Waals surface area contributed by atoms with Crippen LogP contribution in [0.25, 0.3) is 0 Å². The largest absolute Gasteiger partial charge is 0.377 e. The lowest BCUT2D eigenvalue weighted by Crippen LogP contribution is -2.29. The van der Waals surface area contributed by atoms with Crippen LogP contribution in [-0.2, 0) is 4.74 Å². The van der Waals surface area contributed by atoms with Gasteiger partial charge < -0.3 is 9.30 Å². The Morgan fingerprint density at radius 3 is 2.80 bits per heavy atom. The molecule has 0 atom stereocenters. The minimum atomic E-state index is 0.575. The van der Waals surface area contributed by atoms with Gasteiger partial charge in [-0.05, 0) is 22.0 Å². The van der Waals surface area contributed by atoms with Crippen molar-refractivity contribution in [2.45, 2.75) is 6.04 Å². The maximum absolute atomic E-state index is 5.06. The number of hydrogen-bond acceptors (Lipinski definition) is 1. The summed E-state index contributed by atoms with van der Waals surface area (Å²) in [4.78, 5) is 0. The average Bonchev–Trinajstić information content (AvgIpc) is 2.10. The van der Waals surface area contributed by atoms with Crippen molar-refractivity contribution in [1.82, 2.24) is 4.57 Å². The average molecular weight is 202 g/mol. The van der Waals surface area contributed by atoms with Crippen molar-refractivity contribution >= 4 is 15.9 Å². The molecule has 0 unspecified atom stereocenters. The minimum Gasteiger partial charge on any atom is -0.377 e. The molecule has 2 nitrogen and oxygen atoms in total. The van der Waals surface area contributed by atoms with E-state index in [1.807, 2.05) is 6.07 Å². The summed E-state index contributed by atoms with van der Waals surface area (Å²) in [6, 6.07) is 2.62. The fraction of sp³-hybridized carbons (Fsp3) is 0.429. The highest BCUT2D eigenvalue weighted by molar-refractivity contribution is 9.10. The highest BCUT2D eigenvalue weighted by Gasteiger charge is 2.19. The summed E-state index contributed by atoms with van der Waals surface area (Å²) >= 11 is 3.39. The van der Waals surface area contributed by atoms with E-state index in [1.165, 1.54) is 0 Å². The molecule has 3 heteroatoms. The Balaban J connectivity index is 2.17. The van der Waals surface area contributed by atoms with E-state index in [0.29, 0.717) is 6.04 Å². The highest BCUT2D eigenvalue weighted by atomic mass is 79.9. The van der Waals surface area contributed by atoms with Gasteiger partial charge in [0.05, 0.1) is 19.3 Å². The Bertz CT molecular complexity index is 229. The van der Waals surface area contributed by atoms with Gasteiger partial charge in [-0.1, -0.05) is 0 Å². The molecule has 1 aromatic rings. The molecule has 0 amide bonds. The van der Waals surface area contributed by atoms with E-state index >= 15 is 0 Å². The second kappa shape index (κ2) is 2.40. The molecule has 2 rings (SSSR count). The van der Waals surface area contributed by atoms with Gasteiger partial charge in [-0.3, -0.25) is 0 Å². The summed E-state index contributed by atoms with van der Waals surface area (Å²) in [5.41, 5.74) is 0. The molecule has 0 N–H and O–H groups in total. The maximum atomic E-state index is 5.06. The fourth-order valence-corrected chi connectivity index (χ4v) is 1.36. The molecule has 1 fully saturated rings. The smallest absolute Gasteiger partial charge is 0.0798 e. The molecule has 0 spiro atoms. The summed E-state index contributed by atoms with van der Waals surface area (Å²) in [6.45, 7) is 1.72. The normalized spacial score (nSPS) is 18.9. The van der Waals surface area contributed by atoms with E-state index in [0.717, 1.165) is 17.7 Å². The van der Waals surface area contributed by atoms with E-state index < -0.39 is 0 Å². The number of rotatable bonds is 1. The molecular formula is C7H8BrNO. The summed E-state index contributed by atoms with van der Waals surface area (Å²) in [6.07, 6.45) is 4.14. The van der Waals surface area contributed by atoms with Crippen molar-refractivity contribution in [3.05, 3.63) is 22.9 Å². The van der Waals surface area contributed by atoms with Gasteiger partial charge in [0, 0.05) is 16.9 Å². The fourth-order valence-electron chi connectivity index (χ4n) is 1.01. The van der Waals surface area contributed by atoms with Gasteiger partial charge in [-0.2, -0.15) is 0 Å². The molecule has 1 aliphatic heterocycles. The SMILES string of the molecule is Brc1ccn(C2COC2)c1. The van der Waals surface area contributed by atoms with Crippen molar-refractivity contribution in [1.29, 1.82) is 0 Å². The Labute approximate surface area is 67.9 Å². The van der Waals surface area contributed by atoms with Gasteiger partial charge in [0.15, 0.2) is 0 Å². The minimum absolute atomic E-state index is 0.575. The quantitative estimate of drug-likeness (QED) is 0.677. The highest BCUT2D eigenvalue weighted by Crippen LogP contribution is 2.20. The third kappa shape index (κ3) is 0.995. The first-order valence-corrected chi connectivity index (χ1v) is 4.06. The van der Waals surface area contributed by atoms with Crippen LogP contribution in [-0.4, -0.2) is 17.8 Å². The van der Waals surface area contributed by atoms with Crippen LogP contribution >= 0.6 is 15.9 Å². The van der Waals surface area contributed by atoms with Crippen molar-refractivity contribution in [2.24, 2.45) is 0 Å². The molecule has 0 bridgehead atoms. The number of nitrogens with zero attached hydrogens (tertiary/aromatic N) is 1. The van der Waals surface area contributed by atoms with Crippen LogP contribution in [0.2, 0.25) is 0 Å². The Morgan fingerprint density at radius 2 is 2.40 bits per heavy atom. The first-order chi connectivity index (χ1) is 4.86. The van der Waals surface area contributed by atoms with Crippen molar-refractivity contribution in [3.8, 4) is 0 Å². The lowest BCUT2D eigenvalue weighted by Gasteiger charge is -2.27. The van der Waals surface area contributed by atoms with Crippen LogP contribution in [0.15, 0.2) is 22.9 Å². The first kappa shape index (κ1) is 6.43. The van der Waals surface area contributed by atoms with Crippen LogP contribution in [0.3, 0.4) is 0 Å². The van der Waals surface area contributed by atoms with Gasteiger partial charge in [-0.15, -0.1) is 0 Å². The van der Waals surface area contributed by atoms with Gasteiger partial charge in [-0.25, -0.2) is 0 Å². The van der Waals surface area contributed by atoms with E-state index in [4.69, 9.17) is 4.74 Å². The number of ether oxygens (including phenoxy) is 1. The molecule has 2 heterocycles. The van der Waals surface area contributed by atoms with Gasteiger partial charge in [0.2, 0.25) is 0 Å². The predicted molar refractivity (Wildman–Crippen MR) is 42.0 cm³/mol. The number of halogens is 1. The third-order valence-corrected chi connectivity index (χ3v) is 2.19. The maximum Gasteiger partial charge on any atom is 0.0798 e. The monoisotopic (exact) mass is 201 g/mol. The molecular weight excluding hydrogens is 194 g/mol. The van der Waals surface area contributed by atoms with Gasteiger partial charge in [0.25, 0.3) is 0 Å². The van der Waals surface area contributed by atoms with Crippen LogP contribution in [0.4, 0.5) is 0 Å². The van der Waals surface area contributed by atoms with Crippen LogP contribution in [0, 0.1) is 0 Å². The van der Waals surface area contributed by atoms with E-state index in [2.05, 4.69) is 32.9 Å². The third-order valence-electron chi connectivity index (χ3n) is 1.72. The molecule has 0 saturated carbocycles. The Kier molecular flexibility index (Phi) is 1.54. The van der Waals surface area contributed by atoms with Crippen molar-refractivity contribution in [2.75, 3.05) is 13.2 Å². The Morgan fingerprint density at radius 1 is 1.60 bits per heavy atom. The van der Waals surface area contributed by atoms with Crippen LogP contribution in [0.5, 0.6) is 0 Å². The molecule has 1 saturated heterocycles. The van der Waals surface area contributed by atoms with Gasteiger partial charge in [0.1, 0.15) is 0 Å². The zero-order chi connectivity index (χ0) is 6.97. The van der Waals surface area contributed by atoms with Gasteiger partial charge >= 0.3 is 0 Å². The van der Waals surface area contributed by atoms with Crippen LogP contribution < -0.4 is 0 Å². The standard InChI is InChI=1S/C7H8BrNO/c8-6-1-2-9(3-6)7-4-10-5-7/h1-3,7H,4-5H2. The molecule has 1 aliphatic rings. The summed E-state index contributed by atoms with van der Waals surface area (Å²) in [5, 5.41) is 0. The summed E-state index contributed by atoms with van der Waals surface area (Å²) < 4.78 is 8.37. The molecule has 10 heavy (non-hydrogen) atoms. The Hall–Kier alpha value is -0.280. The lowest BCUT2D eigenvalue weighted by atomic mass is 10.2. The summed E-state index contributed by atoms with van der Waals surface area (Å²) in [7, 11) is 0. The zero-order valence-corrected chi connectivity index (χ0v) is 7.04. The molecule has 54 valence electrons. The van der Waals surface area contributed by atoms with E-state index in [-0.39, 0.29) is 0 Å². The number of aromatic nitrogens is 1. The second-order valence-electron chi connectivity index (χ2n) is 2.47. The predicted octanol–water partition coefficient (Wildman–Crippen LogP) is 1.82.